The first-order valence-corrected chi connectivity index (χ1v) is 11.4. The van der Waals surface area contributed by atoms with Crippen LogP contribution in [0.5, 0.6) is 0 Å². The van der Waals surface area contributed by atoms with Crippen molar-refractivity contribution >= 4 is 28.3 Å². The average Bonchev–Trinajstić information content (AvgIpc) is 2.84. The summed E-state index contributed by atoms with van der Waals surface area (Å²) < 4.78 is 5.83. The second-order valence-electron chi connectivity index (χ2n) is 8.44. The van der Waals surface area contributed by atoms with E-state index in [1.807, 2.05) is 67.0 Å². The molecule has 6 heteroatoms. The number of nitrogens with zero attached hydrogens (tertiary/aromatic N) is 4. The molecule has 0 radical (unpaired) electrons. The van der Waals surface area contributed by atoms with Crippen LogP contribution in [-0.2, 0) is 4.74 Å². The number of halogens is 1. The van der Waals surface area contributed by atoms with E-state index in [4.69, 9.17) is 31.6 Å². The molecule has 3 heterocycles. The molecule has 0 amide bonds. The van der Waals surface area contributed by atoms with Crippen LogP contribution in [0.4, 0.5) is 5.82 Å². The number of morpholine rings is 1. The molecule has 164 valence electrons. The highest BCUT2D eigenvalue weighted by Gasteiger charge is 2.23. The summed E-state index contributed by atoms with van der Waals surface area (Å²) in [5, 5.41) is 10.6. The van der Waals surface area contributed by atoms with Gasteiger partial charge in [-0.3, -0.25) is 4.98 Å². The molecule has 5 rings (SSSR count). The minimum atomic E-state index is 0.180. The van der Waals surface area contributed by atoms with Crippen LogP contribution in [0.1, 0.15) is 19.4 Å². The molecule has 5 nitrogen and oxygen atoms in total. The first-order chi connectivity index (χ1) is 16.0. The van der Waals surface area contributed by atoms with Crippen molar-refractivity contribution in [2.24, 2.45) is 0 Å². The lowest BCUT2D eigenvalue weighted by molar-refractivity contribution is -0.00545. The van der Waals surface area contributed by atoms with Gasteiger partial charge >= 0.3 is 0 Å². The molecule has 1 aliphatic rings. The molecule has 4 aromatic rings. The van der Waals surface area contributed by atoms with E-state index in [1.54, 1.807) is 0 Å². The molecule has 2 aromatic heterocycles. The zero-order chi connectivity index (χ0) is 22.9. The largest absolute Gasteiger partial charge is 0.372 e. The van der Waals surface area contributed by atoms with Crippen molar-refractivity contribution < 1.29 is 4.74 Å². The van der Waals surface area contributed by atoms with Crippen molar-refractivity contribution in [2.45, 2.75) is 26.1 Å². The van der Waals surface area contributed by atoms with Gasteiger partial charge < -0.3 is 9.64 Å². The van der Waals surface area contributed by atoms with E-state index in [9.17, 15) is 0 Å². The standard InChI is InChI=1S/C27H23ClN4O/c1-17-15-32(16-18(2)33-17)25-11-10-21(13-30-25)24-14-31-27-22(4-3-5-23(27)26(24)28)20-8-6-19(12-29)7-9-20/h3-11,13-14,17-18H,15-16H2,1-2H3/t17-,18+. The van der Waals surface area contributed by atoms with E-state index in [-0.39, 0.29) is 12.2 Å². The van der Waals surface area contributed by atoms with Crippen molar-refractivity contribution in [1.82, 2.24) is 9.97 Å². The lowest BCUT2D eigenvalue weighted by atomic mass is 9.99. The maximum absolute atomic E-state index is 9.07. The van der Waals surface area contributed by atoms with E-state index < -0.39 is 0 Å². The normalized spacial score (nSPS) is 18.3. The van der Waals surface area contributed by atoms with E-state index in [0.29, 0.717) is 10.6 Å². The van der Waals surface area contributed by atoms with Crippen LogP contribution in [0.25, 0.3) is 33.2 Å². The van der Waals surface area contributed by atoms with Gasteiger partial charge in [-0.1, -0.05) is 41.9 Å². The van der Waals surface area contributed by atoms with Gasteiger partial charge in [0.1, 0.15) is 5.82 Å². The number of fused-ring (bicyclic) bond motifs is 1. The fourth-order valence-electron chi connectivity index (χ4n) is 4.45. The Labute approximate surface area is 198 Å². The van der Waals surface area contributed by atoms with Gasteiger partial charge in [0.2, 0.25) is 0 Å². The highest BCUT2D eigenvalue weighted by molar-refractivity contribution is 6.38. The third kappa shape index (κ3) is 4.16. The number of rotatable bonds is 3. The first-order valence-electron chi connectivity index (χ1n) is 11.0. The van der Waals surface area contributed by atoms with Gasteiger partial charge in [-0.2, -0.15) is 5.26 Å². The number of anilines is 1. The Hall–Kier alpha value is -3.46. The number of hydrogen-bond acceptors (Lipinski definition) is 5. The molecule has 33 heavy (non-hydrogen) atoms. The lowest BCUT2D eigenvalue weighted by Crippen LogP contribution is -2.45. The smallest absolute Gasteiger partial charge is 0.128 e. The van der Waals surface area contributed by atoms with Crippen molar-refractivity contribution in [3.8, 4) is 28.3 Å². The fraction of sp³-hybridized carbons (Fsp3) is 0.222. The quantitative estimate of drug-likeness (QED) is 0.374. The molecular formula is C27H23ClN4O. The topological polar surface area (TPSA) is 62.0 Å². The van der Waals surface area contributed by atoms with Gasteiger partial charge in [0.25, 0.3) is 0 Å². The molecule has 0 saturated carbocycles. The van der Waals surface area contributed by atoms with Gasteiger partial charge in [-0.25, -0.2) is 4.98 Å². The Balaban J connectivity index is 1.49. The molecule has 0 unspecified atom stereocenters. The van der Waals surface area contributed by atoms with E-state index in [0.717, 1.165) is 52.1 Å². The van der Waals surface area contributed by atoms with Gasteiger partial charge in [0, 0.05) is 47.6 Å². The van der Waals surface area contributed by atoms with Crippen LogP contribution >= 0.6 is 11.6 Å². The second kappa shape index (κ2) is 8.82. The van der Waals surface area contributed by atoms with Crippen LogP contribution < -0.4 is 4.90 Å². The lowest BCUT2D eigenvalue weighted by Gasteiger charge is -2.36. The van der Waals surface area contributed by atoms with Crippen molar-refractivity contribution in [3.05, 3.63) is 77.6 Å². The Bertz CT molecular complexity index is 1340. The van der Waals surface area contributed by atoms with Gasteiger partial charge in [0.05, 0.1) is 34.4 Å². The highest BCUT2D eigenvalue weighted by Crippen LogP contribution is 2.37. The third-order valence-electron chi connectivity index (χ3n) is 5.96. The monoisotopic (exact) mass is 454 g/mol. The van der Waals surface area contributed by atoms with Gasteiger partial charge in [-0.15, -0.1) is 0 Å². The SMILES string of the molecule is C[C@@H]1CN(c2ccc(-c3cnc4c(-c5ccc(C#N)cc5)cccc4c3Cl)cn2)C[C@H](C)O1. The summed E-state index contributed by atoms with van der Waals surface area (Å²) in [5.41, 5.74) is 5.21. The number of aromatic nitrogens is 2. The Kier molecular flexibility index (Phi) is 5.72. The predicted molar refractivity (Wildman–Crippen MR) is 132 cm³/mol. The van der Waals surface area contributed by atoms with Crippen LogP contribution in [0.2, 0.25) is 5.02 Å². The van der Waals surface area contributed by atoms with Crippen molar-refractivity contribution in [3.63, 3.8) is 0 Å². The zero-order valence-electron chi connectivity index (χ0n) is 18.5. The van der Waals surface area contributed by atoms with Crippen LogP contribution in [0, 0.1) is 11.3 Å². The highest BCUT2D eigenvalue weighted by atomic mass is 35.5. The molecular weight excluding hydrogens is 432 g/mol. The number of hydrogen-bond donors (Lipinski definition) is 0. The van der Waals surface area contributed by atoms with Crippen molar-refractivity contribution in [1.29, 1.82) is 5.26 Å². The predicted octanol–water partition coefficient (Wildman–Crippen LogP) is 6.10. The minimum Gasteiger partial charge on any atom is -0.372 e. The molecule has 0 aliphatic carbocycles. The molecule has 0 spiro atoms. The molecule has 0 bridgehead atoms. The van der Waals surface area contributed by atoms with Crippen LogP contribution in [0.15, 0.2) is 67.0 Å². The third-order valence-corrected chi connectivity index (χ3v) is 6.37. The van der Waals surface area contributed by atoms with Gasteiger partial charge in [-0.05, 0) is 43.7 Å². The summed E-state index contributed by atoms with van der Waals surface area (Å²) in [7, 11) is 0. The fourth-order valence-corrected chi connectivity index (χ4v) is 4.76. The minimum absolute atomic E-state index is 0.180. The summed E-state index contributed by atoms with van der Waals surface area (Å²) >= 11 is 6.87. The molecule has 2 aromatic carbocycles. The van der Waals surface area contributed by atoms with E-state index in [1.165, 1.54) is 0 Å². The second-order valence-corrected chi connectivity index (χ2v) is 8.82. The number of para-hydroxylation sites is 1. The Morgan fingerprint density at radius 3 is 2.30 bits per heavy atom. The number of ether oxygens (including phenoxy) is 1. The van der Waals surface area contributed by atoms with Crippen LogP contribution in [-0.4, -0.2) is 35.3 Å². The number of nitriles is 1. The Morgan fingerprint density at radius 2 is 1.64 bits per heavy atom. The number of pyridine rings is 2. The molecule has 1 aliphatic heterocycles. The summed E-state index contributed by atoms with van der Waals surface area (Å²) in [6.07, 6.45) is 4.03. The summed E-state index contributed by atoms with van der Waals surface area (Å²) in [6.45, 7) is 5.83. The molecule has 0 N–H and O–H groups in total. The molecule has 1 fully saturated rings. The summed E-state index contributed by atoms with van der Waals surface area (Å²) in [4.78, 5) is 11.7. The first kappa shape index (κ1) is 21.4. The van der Waals surface area contributed by atoms with Crippen LogP contribution in [0.3, 0.4) is 0 Å². The van der Waals surface area contributed by atoms with E-state index >= 15 is 0 Å². The van der Waals surface area contributed by atoms with Gasteiger partial charge in [0.15, 0.2) is 0 Å². The average molecular weight is 455 g/mol. The number of benzene rings is 2. The Morgan fingerprint density at radius 1 is 0.909 bits per heavy atom. The van der Waals surface area contributed by atoms with E-state index in [2.05, 4.69) is 24.8 Å². The maximum Gasteiger partial charge on any atom is 0.128 e. The summed E-state index contributed by atoms with van der Waals surface area (Å²) in [6, 6.07) is 19.7. The molecule has 2 atom stereocenters. The summed E-state index contributed by atoms with van der Waals surface area (Å²) in [5.74, 6) is 0.939. The van der Waals surface area contributed by atoms with Crippen molar-refractivity contribution in [2.75, 3.05) is 18.0 Å². The zero-order valence-corrected chi connectivity index (χ0v) is 19.3. The maximum atomic E-state index is 9.07. The molecule has 1 saturated heterocycles.